The lowest BCUT2D eigenvalue weighted by Crippen LogP contribution is -2.46. The third kappa shape index (κ3) is 6.21. The molecule has 1 aromatic rings. The van der Waals surface area contributed by atoms with Crippen LogP contribution >= 0.6 is 0 Å². The van der Waals surface area contributed by atoms with Crippen molar-refractivity contribution in [1.82, 2.24) is 20.2 Å². The third-order valence-corrected chi connectivity index (χ3v) is 2.75. The highest BCUT2D eigenvalue weighted by atomic mass is 16.4. The van der Waals surface area contributed by atoms with E-state index in [1.54, 1.807) is 12.5 Å². The summed E-state index contributed by atoms with van der Waals surface area (Å²) in [7, 11) is 0. The zero-order valence-corrected chi connectivity index (χ0v) is 11.9. The summed E-state index contributed by atoms with van der Waals surface area (Å²) in [5.41, 5.74) is 0. The summed E-state index contributed by atoms with van der Waals surface area (Å²) in [6, 6.07) is -1.28. The molecule has 0 saturated heterocycles. The maximum Gasteiger partial charge on any atom is 0.326 e. The van der Waals surface area contributed by atoms with Crippen molar-refractivity contribution in [2.75, 3.05) is 6.54 Å². The Morgan fingerprint density at radius 1 is 1.40 bits per heavy atom. The van der Waals surface area contributed by atoms with Crippen LogP contribution in [0.15, 0.2) is 18.7 Å². The zero-order chi connectivity index (χ0) is 15.0. The molecule has 3 N–H and O–H groups in total. The molecule has 20 heavy (non-hydrogen) atoms. The predicted octanol–water partition coefficient (Wildman–Crippen LogP) is 1.07. The number of aryl methyl sites for hydroxylation is 1. The highest BCUT2D eigenvalue weighted by Gasteiger charge is 2.20. The van der Waals surface area contributed by atoms with E-state index in [2.05, 4.69) is 15.6 Å². The molecule has 0 saturated carbocycles. The van der Waals surface area contributed by atoms with Crippen LogP contribution in [0, 0.1) is 5.92 Å². The largest absolute Gasteiger partial charge is 0.480 e. The van der Waals surface area contributed by atoms with Crippen LogP contribution in [0.2, 0.25) is 0 Å². The van der Waals surface area contributed by atoms with Crippen molar-refractivity contribution in [2.24, 2.45) is 5.92 Å². The first-order valence-corrected chi connectivity index (χ1v) is 6.72. The fourth-order valence-corrected chi connectivity index (χ4v) is 1.78. The molecule has 0 unspecified atom stereocenters. The number of rotatable bonds is 8. The second kappa shape index (κ2) is 8.19. The quantitative estimate of drug-likeness (QED) is 0.621. The maximum absolute atomic E-state index is 11.6. The van der Waals surface area contributed by atoms with Gasteiger partial charge in [0.2, 0.25) is 0 Å². The number of carboxylic acids is 1. The number of carbonyl (C=O) groups excluding carboxylic acids is 1. The van der Waals surface area contributed by atoms with Crippen molar-refractivity contribution in [3.05, 3.63) is 18.7 Å². The third-order valence-electron chi connectivity index (χ3n) is 2.75. The van der Waals surface area contributed by atoms with E-state index in [-0.39, 0.29) is 5.92 Å². The second-order valence-electron chi connectivity index (χ2n) is 5.07. The van der Waals surface area contributed by atoms with E-state index in [4.69, 9.17) is 5.11 Å². The minimum atomic E-state index is -1.01. The number of hydrogen-bond donors (Lipinski definition) is 3. The van der Waals surface area contributed by atoms with Gasteiger partial charge in [0.25, 0.3) is 0 Å². The molecule has 7 nitrogen and oxygen atoms in total. The molecule has 0 bridgehead atoms. The molecule has 1 rings (SSSR count). The van der Waals surface area contributed by atoms with Gasteiger partial charge >= 0.3 is 12.0 Å². The minimum absolute atomic E-state index is 0.206. The molecule has 0 aliphatic carbocycles. The Kier molecular flexibility index (Phi) is 6.55. The van der Waals surface area contributed by atoms with Gasteiger partial charge in [-0.05, 0) is 18.8 Å². The molecular formula is C13H22N4O3. The van der Waals surface area contributed by atoms with Gasteiger partial charge in [-0.15, -0.1) is 0 Å². The first-order chi connectivity index (χ1) is 9.49. The molecule has 0 radical (unpaired) electrons. The van der Waals surface area contributed by atoms with E-state index in [1.165, 1.54) is 0 Å². The van der Waals surface area contributed by atoms with E-state index in [1.807, 2.05) is 24.6 Å². The molecule has 7 heteroatoms. The Bertz CT molecular complexity index is 417. The van der Waals surface area contributed by atoms with Crippen LogP contribution in [-0.4, -0.2) is 39.2 Å². The average molecular weight is 282 g/mol. The summed E-state index contributed by atoms with van der Waals surface area (Å²) in [6.07, 6.45) is 6.43. The smallest absolute Gasteiger partial charge is 0.326 e. The van der Waals surface area contributed by atoms with Crippen LogP contribution in [0.3, 0.4) is 0 Å². The number of carbonyl (C=O) groups is 2. The minimum Gasteiger partial charge on any atom is -0.480 e. The molecule has 2 amide bonds. The van der Waals surface area contributed by atoms with E-state index < -0.39 is 18.0 Å². The highest BCUT2D eigenvalue weighted by molar-refractivity contribution is 5.82. The standard InChI is InChI=1S/C13H22N4O3/c1-10(2)8-11(12(18)19)16-13(20)15-4-3-6-17-7-5-14-9-17/h5,7,9-11H,3-4,6,8H2,1-2H3,(H,18,19)(H2,15,16,20)/t11-/m0/s1. The summed E-state index contributed by atoms with van der Waals surface area (Å²) in [6.45, 7) is 5.08. The molecule has 0 aromatic carbocycles. The molecule has 1 aromatic heterocycles. The first-order valence-electron chi connectivity index (χ1n) is 6.72. The average Bonchev–Trinajstić information content (AvgIpc) is 2.86. The van der Waals surface area contributed by atoms with Crippen molar-refractivity contribution in [2.45, 2.75) is 39.3 Å². The van der Waals surface area contributed by atoms with Crippen LogP contribution in [0.4, 0.5) is 4.79 Å². The van der Waals surface area contributed by atoms with E-state index in [0.717, 1.165) is 13.0 Å². The number of carboxylic acid groups (broad SMARTS) is 1. The predicted molar refractivity (Wildman–Crippen MR) is 74.3 cm³/mol. The van der Waals surface area contributed by atoms with Crippen molar-refractivity contribution in [3.8, 4) is 0 Å². The molecule has 112 valence electrons. The van der Waals surface area contributed by atoms with Crippen LogP contribution in [0.5, 0.6) is 0 Å². The van der Waals surface area contributed by atoms with E-state index >= 15 is 0 Å². The number of aromatic nitrogens is 2. The maximum atomic E-state index is 11.6. The normalized spacial score (nSPS) is 12.2. The SMILES string of the molecule is CC(C)C[C@H](NC(=O)NCCCn1ccnc1)C(=O)O. The number of aliphatic carboxylic acids is 1. The van der Waals surface area contributed by atoms with Gasteiger partial charge in [0.15, 0.2) is 0 Å². The van der Waals surface area contributed by atoms with Gasteiger partial charge < -0.3 is 20.3 Å². The first kappa shape index (κ1) is 16.0. The zero-order valence-electron chi connectivity index (χ0n) is 11.9. The molecule has 0 spiro atoms. The van der Waals surface area contributed by atoms with Gasteiger partial charge in [0, 0.05) is 25.5 Å². The summed E-state index contributed by atoms with van der Waals surface area (Å²) in [4.78, 5) is 26.5. The van der Waals surface area contributed by atoms with E-state index in [9.17, 15) is 9.59 Å². The van der Waals surface area contributed by atoms with Crippen molar-refractivity contribution in [3.63, 3.8) is 0 Å². The van der Waals surface area contributed by atoms with Gasteiger partial charge in [-0.1, -0.05) is 13.8 Å². The number of urea groups is 1. The molecule has 0 aliphatic heterocycles. The Labute approximate surface area is 118 Å². The molecule has 0 fully saturated rings. The fourth-order valence-electron chi connectivity index (χ4n) is 1.78. The highest BCUT2D eigenvalue weighted by Crippen LogP contribution is 2.04. The fraction of sp³-hybridized carbons (Fsp3) is 0.615. The Balaban J connectivity index is 2.22. The molecule has 0 aliphatic rings. The van der Waals surface area contributed by atoms with Crippen molar-refractivity contribution in [1.29, 1.82) is 0 Å². The number of amides is 2. The van der Waals surface area contributed by atoms with Crippen LogP contribution in [0.1, 0.15) is 26.7 Å². The molecule has 1 heterocycles. The number of nitrogens with one attached hydrogen (secondary N) is 2. The van der Waals surface area contributed by atoms with E-state index in [0.29, 0.717) is 13.0 Å². The number of hydrogen-bond acceptors (Lipinski definition) is 3. The molecule has 1 atom stereocenters. The summed E-state index contributed by atoms with van der Waals surface area (Å²) >= 11 is 0. The van der Waals surface area contributed by atoms with Crippen molar-refractivity contribution < 1.29 is 14.7 Å². The van der Waals surface area contributed by atoms with Gasteiger partial charge in [-0.3, -0.25) is 0 Å². The monoisotopic (exact) mass is 282 g/mol. The van der Waals surface area contributed by atoms with Crippen LogP contribution in [0.25, 0.3) is 0 Å². The Morgan fingerprint density at radius 3 is 2.70 bits per heavy atom. The van der Waals surface area contributed by atoms with Gasteiger partial charge in [0.1, 0.15) is 6.04 Å². The van der Waals surface area contributed by atoms with Crippen LogP contribution < -0.4 is 10.6 Å². The lowest BCUT2D eigenvalue weighted by Gasteiger charge is -2.16. The number of nitrogens with zero attached hydrogens (tertiary/aromatic N) is 2. The van der Waals surface area contributed by atoms with Crippen molar-refractivity contribution >= 4 is 12.0 Å². The van der Waals surface area contributed by atoms with Gasteiger partial charge in [-0.25, -0.2) is 14.6 Å². The summed E-state index contributed by atoms with van der Waals surface area (Å²) in [5, 5.41) is 14.1. The lowest BCUT2D eigenvalue weighted by molar-refractivity contribution is -0.139. The van der Waals surface area contributed by atoms with Gasteiger partial charge in [0.05, 0.1) is 6.33 Å². The van der Waals surface area contributed by atoms with Crippen LogP contribution in [-0.2, 0) is 11.3 Å². The topological polar surface area (TPSA) is 96.3 Å². The molecular weight excluding hydrogens is 260 g/mol. The number of imidazole rings is 1. The summed E-state index contributed by atoms with van der Waals surface area (Å²) in [5.74, 6) is -0.801. The summed E-state index contributed by atoms with van der Waals surface area (Å²) < 4.78 is 1.92. The van der Waals surface area contributed by atoms with Gasteiger partial charge in [-0.2, -0.15) is 0 Å². The Morgan fingerprint density at radius 2 is 2.15 bits per heavy atom. The lowest BCUT2D eigenvalue weighted by atomic mass is 10.0. The second-order valence-corrected chi connectivity index (χ2v) is 5.07. The Hall–Kier alpha value is -2.05.